The second kappa shape index (κ2) is 8.43. The number of carbonyl (C=O) groups is 1. The molecule has 3 aromatic rings. The van der Waals surface area contributed by atoms with Gasteiger partial charge < -0.3 is 19.3 Å². The van der Waals surface area contributed by atoms with Crippen molar-refractivity contribution in [1.82, 2.24) is 0 Å². The summed E-state index contributed by atoms with van der Waals surface area (Å²) in [6.45, 7) is -0.0504. The topological polar surface area (TPSA) is 65.0 Å². The highest BCUT2D eigenvalue weighted by atomic mass is 19.1. The van der Waals surface area contributed by atoms with Crippen molar-refractivity contribution >= 4 is 5.97 Å². The Labute approximate surface area is 167 Å². The predicted octanol–water partition coefficient (Wildman–Crippen LogP) is 4.28. The molecule has 0 amide bonds. The summed E-state index contributed by atoms with van der Waals surface area (Å²) in [6.07, 6.45) is -0.616. The van der Waals surface area contributed by atoms with E-state index in [1.165, 1.54) is 12.1 Å². The van der Waals surface area contributed by atoms with Crippen LogP contribution in [-0.4, -0.2) is 11.1 Å². The highest BCUT2D eigenvalue weighted by Gasteiger charge is 2.25. The monoisotopic (exact) mass is 394 g/mol. The van der Waals surface area contributed by atoms with Gasteiger partial charge in [0.15, 0.2) is 0 Å². The third kappa shape index (κ3) is 4.29. The van der Waals surface area contributed by atoms with Crippen LogP contribution >= 0.6 is 0 Å². The van der Waals surface area contributed by atoms with Crippen molar-refractivity contribution in [2.75, 3.05) is 0 Å². The van der Waals surface area contributed by atoms with Crippen molar-refractivity contribution in [3.63, 3.8) is 0 Å². The number of hydrogen-bond acceptors (Lipinski definition) is 5. The molecule has 6 heteroatoms. The lowest BCUT2D eigenvalue weighted by Gasteiger charge is -2.28. The summed E-state index contributed by atoms with van der Waals surface area (Å²) in [4.78, 5) is 12.3. The Morgan fingerprint density at radius 2 is 1.86 bits per heavy atom. The maximum atomic E-state index is 14.0. The van der Waals surface area contributed by atoms with Gasteiger partial charge in [0.1, 0.15) is 18.2 Å². The normalized spacial score (nSPS) is 15.3. The summed E-state index contributed by atoms with van der Waals surface area (Å²) in [5, 5.41) is 9.09. The average molecular weight is 394 g/mol. The average Bonchev–Trinajstić information content (AvgIpc) is 2.77. The van der Waals surface area contributed by atoms with Gasteiger partial charge >= 0.3 is 5.97 Å². The zero-order chi connectivity index (χ0) is 20.2. The Morgan fingerprint density at radius 1 is 1.10 bits per heavy atom. The zero-order valence-electron chi connectivity index (χ0n) is 15.5. The molecule has 1 aliphatic rings. The molecule has 0 radical (unpaired) electrons. The number of ether oxygens (including phenoxy) is 3. The Bertz CT molecular complexity index is 1000. The Balaban J connectivity index is 1.52. The van der Waals surface area contributed by atoms with Gasteiger partial charge in [-0.15, -0.1) is 0 Å². The number of rotatable bonds is 5. The summed E-state index contributed by atoms with van der Waals surface area (Å²) in [5.41, 5.74) is 2.88. The zero-order valence-corrected chi connectivity index (χ0v) is 15.5. The second-order valence-corrected chi connectivity index (χ2v) is 6.66. The van der Waals surface area contributed by atoms with Gasteiger partial charge in [-0.3, -0.25) is 0 Å². The van der Waals surface area contributed by atoms with Crippen LogP contribution in [-0.2, 0) is 29.3 Å². The lowest BCUT2D eigenvalue weighted by molar-refractivity contribution is -0.112. The standard InChI is InChI=1S/C23H19FO5/c24-20-10-18(13-27-22(26)16-8-6-15(12-25)7-9-16)21-19(11-20)14-28-23(29-21)17-4-2-1-3-5-17/h1-11,23,25H,12-14H2/t23-/m1/s1. The molecule has 0 aromatic heterocycles. The molecule has 0 unspecified atom stereocenters. The third-order valence-corrected chi connectivity index (χ3v) is 4.63. The van der Waals surface area contributed by atoms with Gasteiger partial charge in [-0.1, -0.05) is 42.5 Å². The number of halogens is 1. The maximum Gasteiger partial charge on any atom is 0.338 e. The van der Waals surface area contributed by atoms with Crippen molar-refractivity contribution in [2.24, 2.45) is 0 Å². The molecule has 0 spiro atoms. The van der Waals surface area contributed by atoms with Gasteiger partial charge in [0.25, 0.3) is 0 Å². The summed E-state index contributed by atoms with van der Waals surface area (Å²) >= 11 is 0. The number of fused-ring (bicyclic) bond motifs is 1. The van der Waals surface area contributed by atoms with Crippen LogP contribution < -0.4 is 4.74 Å². The van der Waals surface area contributed by atoms with Crippen LogP contribution in [0.5, 0.6) is 5.75 Å². The van der Waals surface area contributed by atoms with E-state index < -0.39 is 18.1 Å². The molecule has 148 valence electrons. The SMILES string of the molecule is O=C(OCc1cc(F)cc2c1O[C@H](c1ccccc1)OC2)c1ccc(CO)cc1. The smallest absolute Gasteiger partial charge is 0.338 e. The van der Waals surface area contributed by atoms with Gasteiger partial charge in [-0.2, -0.15) is 0 Å². The van der Waals surface area contributed by atoms with E-state index in [1.807, 2.05) is 30.3 Å². The number of esters is 1. The van der Waals surface area contributed by atoms with E-state index in [4.69, 9.17) is 19.3 Å². The van der Waals surface area contributed by atoms with Crippen molar-refractivity contribution < 1.29 is 28.5 Å². The van der Waals surface area contributed by atoms with Crippen LogP contribution in [0.1, 0.15) is 38.9 Å². The largest absolute Gasteiger partial charge is 0.460 e. The van der Waals surface area contributed by atoms with Crippen LogP contribution in [0.15, 0.2) is 66.7 Å². The molecule has 0 saturated heterocycles. The molecule has 0 saturated carbocycles. The van der Waals surface area contributed by atoms with Crippen LogP contribution in [0.2, 0.25) is 0 Å². The first-order valence-electron chi connectivity index (χ1n) is 9.15. The molecular weight excluding hydrogens is 375 g/mol. The van der Waals surface area contributed by atoms with E-state index in [0.717, 1.165) is 5.56 Å². The Morgan fingerprint density at radius 3 is 2.59 bits per heavy atom. The number of hydrogen-bond donors (Lipinski definition) is 1. The van der Waals surface area contributed by atoms with E-state index in [1.54, 1.807) is 24.3 Å². The quantitative estimate of drug-likeness (QED) is 0.655. The molecular formula is C23H19FO5. The molecule has 4 rings (SSSR count). The number of benzene rings is 3. The molecule has 1 atom stereocenters. The first-order valence-corrected chi connectivity index (χ1v) is 9.15. The van der Waals surface area contributed by atoms with Crippen LogP contribution in [0.3, 0.4) is 0 Å². The summed E-state index contributed by atoms with van der Waals surface area (Å²) in [7, 11) is 0. The van der Waals surface area contributed by atoms with Gasteiger partial charge in [0.05, 0.1) is 18.8 Å². The van der Waals surface area contributed by atoms with E-state index in [0.29, 0.717) is 28.0 Å². The number of aliphatic hydroxyl groups excluding tert-OH is 1. The van der Waals surface area contributed by atoms with Gasteiger partial charge in [-0.05, 0) is 29.8 Å². The van der Waals surface area contributed by atoms with Crippen LogP contribution in [0, 0.1) is 5.82 Å². The first kappa shape index (κ1) is 19.1. The molecule has 0 bridgehead atoms. The van der Waals surface area contributed by atoms with E-state index >= 15 is 0 Å². The van der Waals surface area contributed by atoms with Crippen molar-refractivity contribution in [1.29, 1.82) is 0 Å². The fourth-order valence-corrected chi connectivity index (χ4v) is 3.13. The Kier molecular flexibility index (Phi) is 5.55. The lowest BCUT2D eigenvalue weighted by Crippen LogP contribution is -2.20. The Hall–Kier alpha value is -3.22. The van der Waals surface area contributed by atoms with Crippen molar-refractivity contribution in [3.05, 3.63) is 100 Å². The second-order valence-electron chi connectivity index (χ2n) is 6.66. The summed E-state index contributed by atoms with van der Waals surface area (Å²) in [5.74, 6) is -0.526. The predicted molar refractivity (Wildman–Crippen MR) is 102 cm³/mol. The first-order chi connectivity index (χ1) is 14.1. The fraction of sp³-hybridized carbons (Fsp3) is 0.174. The fourth-order valence-electron chi connectivity index (χ4n) is 3.13. The molecule has 1 N–H and O–H groups in total. The summed E-state index contributed by atoms with van der Waals surface area (Å²) < 4.78 is 31.1. The van der Waals surface area contributed by atoms with Gasteiger partial charge in [-0.25, -0.2) is 9.18 Å². The molecule has 0 fully saturated rings. The van der Waals surface area contributed by atoms with Gasteiger partial charge in [0, 0.05) is 16.7 Å². The minimum absolute atomic E-state index is 0.104. The van der Waals surface area contributed by atoms with Gasteiger partial charge in [0.2, 0.25) is 6.29 Å². The third-order valence-electron chi connectivity index (χ3n) is 4.63. The molecule has 1 heterocycles. The number of aliphatic hydroxyl groups is 1. The highest BCUT2D eigenvalue weighted by Crippen LogP contribution is 2.36. The van der Waals surface area contributed by atoms with E-state index in [9.17, 15) is 9.18 Å². The van der Waals surface area contributed by atoms with E-state index in [2.05, 4.69) is 0 Å². The molecule has 1 aliphatic heterocycles. The van der Waals surface area contributed by atoms with Crippen molar-refractivity contribution in [3.8, 4) is 5.75 Å². The molecule has 29 heavy (non-hydrogen) atoms. The minimum atomic E-state index is -0.616. The van der Waals surface area contributed by atoms with Crippen molar-refractivity contribution in [2.45, 2.75) is 26.1 Å². The molecule has 5 nitrogen and oxygen atoms in total. The van der Waals surface area contributed by atoms with Crippen LogP contribution in [0.25, 0.3) is 0 Å². The maximum absolute atomic E-state index is 14.0. The lowest BCUT2D eigenvalue weighted by atomic mass is 10.1. The highest BCUT2D eigenvalue weighted by molar-refractivity contribution is 5.89. The summed E-state index contributed by atoms with van der Waals surface area (Å²) in [6, 6.07) is 18.5. The molecule has 0 aliphatic carbocycles. The van der Waals surface area contributed by atoms with E-state index in [-0.39, 0.29) is 19.8 Å². The van der Waals surface area contributed by atoms with Crippen LogP contribution in [0.4, 0.5) is 4.39 Å². The molecule has 3 aromatic carbocycles. The minimum Gasteiger partial charge on any atom is -0.460 e. The number of carbonyl (C=O) groups excluding carboxylic acids is 1.